The number of anilines is 1. The summed E-state index contributed by atoms with van der Waals surface area (Å²) in [5.41, 5.74) is 3.63. The molecule has 0 atom stereocenters. The molecule has 0 unspecified atom stereocenters. The summed E-state index contributed by atoms with van der Waals surface area (Å²) in [4.78, 5) is 34.8. The molecule has 0 aromatic heterocycles. The maximum atomic E-state index is 12.4. The highest BCUT2D eigenvalue weighted by molar-refractivity contribution is 14.1. The smallest absolute Gasteiger partial charge is 0.267 e. The van der Waals surface area contributed by atoms with E-state index in [-0.39, 0.29) is 11.3 Å². The zero-order valence-electron chi connectivity index (χ0n) is 13.3. The fourth-order valence-corrected chi connectivity index (χ4v) is 2.71. The number of hydrogen-bond donors (Lipinski definition) is 1. The number of nitrogens with zero attached hydrogens (tertiary/aromatic N) is 2. The normalized spacial score (nSPS) is 15.7. The Hall–Kier alpha value is -3.01. The first-order chi connectivity index (χ1) is 12.5. The molecule has 0 radical (unpaired) electrons. The summed E-state index contributed by atoms with van der Waals surface area (Å²) < 4.78 is 1.01. The highest BCUT2D eigenvalue weighted by Crippen LogP contribution is 2.21. The van der Waals surface area contributed by atoms with E-state index >= 15 is 0 Å². The number of carbonyl (C=O) groups is 2. The Bertz CT molecular complexity index is 951. The third kappa shape index (κ3) is 3.80. The van der Waals surface area contributed by atoms with Crippen molar-refractivity contribution in [1.29, 1.82) is 0 Å². The SMILES string of the molecule is O=C1NN(c2ccc(I)cc2)C(=O)C1=CC=Cc1cccc([N+](=O)[O-])c1. The molecule has 0 bridgehead atoms. The number of nitrogens with one attached hydrogen (secondary N) is 1. The number of nitro groups is 1. The topological polar surface area (TPSA) is 92.6 Å². The first-order valence-corrected chi connectivity index (χ1v) is 8.57. The van der Waals surface area contributed by atoms with Gasteiger partial charge in [0.05, 0.1) is 10.6 Å². The highest BCUT2D eigenvalue weighted by Gasteiger charge is 2.33. The van der Waals surface area contributed by atoms with Gasteiger partial charge >= 0.3 is 0 Å². The van der Waals surface area contributed by atoms with Crippen LogP contribution in [0.25, 0.3) is 6.08 Å². The van der Waals surface area contributed by atoms with Crippen LogP contribution in [-0.2, 0) is 9.59 Å². The second-order valence-electron chi connectivity index (χ2n) is 5.35. The number of amides is 2. The largest absolute Gasteiger partial charge is 0.282 e. The molecular formula is C18H12IN3O4. The number of non-ortho nitro benzene ring substituents is 1. The van der Waals surface area contributed by atoms with Crippen LogP contribution in [0.2, 0.25) is 0 Å². The van der Waals surface area contributed by atoms with Gasteiger partial charge in [-0.3, -0.25) is 25.1 Å². The van der Waals surface area contributed by atoms with Crippen molar-refractivity contribution in [2.24, 2.45) is 0 Å². The molecule has 7 nitrogen and oxygen atoms in total. The van der Waals surface area contributed by atoms with Crippen molar-refractivity contribution >= 4 is 51.9 Å². The summed E-state index contributed by atoms with van der Waals surface area (Å²) in [6.45, 7) is 0. The lowest BCUT2D eigenvalue weighted by atomic mass is 10.1. The molecule has 8 heteroatoms. The van der Waals surface area contributed by atoms with Crippen molar-refractivity contribution in [3.63, 3.8) is 0 Å². The van der Waals surface area contributed by atoms with E-state index in [0.717, 1.165) is 3.57 Å². The van der Waals surface area contributed by atoms with Gasteiger partial charge in [0.15, 0.2) is 0 Å². The van der Waals surface area contributed by atoms with E-state index in [1.165, 1.54) is 29.3 Å². The van der Waals surface area contributed by atoms with Crippen molar-refractivity contribution in [1.82, 2.24) is 5.43 Å². The summed E-state index contributed by atoms with van der Waals surface area (Å²) in [5.74, 6) is -0.961. The van der Waals surface area contributed by atoms with Gasteiger partial charge in [0.2, 0.25) is 0 Å². The molecule has 1 fully saturated rings. The third-order valence-electron chi connectivity index (χ3n) is 3.61. The second-order valence-corrected chi connectivity index (χ2v) is 6.60. The van der Waals surface area contributed by atoms with E-state index in [0.29, 0.717) is 11.3 Å². The molecule has 2 aromatic carbocycles. The summed E-state index contributed by atoms with van der Waals surface area (Å²) >= 11 is 2.15. The van der Waals surface area contributed by atoms with Gasteiger partial charge in [0.1, 0.15) is 5.57 Å². The molecule has 2 aromatic rings. The summed E-state index contributed by atoms with van der Waals surface area (Å²) in [7, 11) is 0. The maximum Gasteiger partial charge on any atom is 0.282 e. The van der Waals surface area contributed by atoms with Gasteiger partial charge in [-0.15, -0.1) is 0 Å². The molecule has 0 spiro atoms. The van der Waals surface area contributed by atoms with Crippen LogP contribution in [0.5, 0.6) is 0 Å². The van der Waals surface area contributed by atoms with Crippen LogP contribution >= 0.6 is 22.6 Å². The standard InChI is InChI=1S/C18H12IN3O4/c19-13-7-9-14(10-8-13)21-18(24)16(17(23)20-21)6-2-4-12-3-1-5-15(11-12)22(25)26/h1-11H,(H,20,23). The van der Waals surface area contributed by atoms with Crippen LogP contribution in [0.4, 0.5) is 11.4 Å². The van der Waals surface area contributed by atoms with Gasteiger partial charge in [0, 0.05) is 15.7 Å². The first kappa shape index (κ1) is 17.8. The number of nitro benzene ring substituents is 1. The van der Waals surface area contributed by atoms with Crippen molar-refractivity contribution in [3.05, 3.63) is 85.5 Å². The fourth-order valence-electron chi connectivity index (χ4n) is 2.35. The van der Waals surface area contributed by atoms with Gasteiger partial charge in [-0.25, -0.2) is 5.01 Å². The highest BCUT2D eigenvalue weighted by atomic mass is 127. The van der Waals surface area contributed by atoms with Crippen LogP contribution < -0.4 is 10.4 Å². The van der Waals surface area contributed by atoms with Gasteiger partial charge in [-0.2, -0.15) is 0 Å². The van der Waals surface area contributed by atoms with Gasteiger partial charge in [-0.05, 0) is 58.5 Å². The van der Waals surface area contributed by atoms with Crippen molar-refractivity contribution in [2.45, 2.75) is 0 Å². The predicted molar refractivity (Wildman–Crippen MR) is 105 cm³/mol. The van der Waals surface area contributed by atoms with E-state index in [2.05, 4.69) is 28.0 Å². The number of rotatable bonds is 4. The minimum Gasteiger partial charge on any atom is -0.267 e. The zero-order chi connectivity index (χ0) is 18.7. The summed E-state index contributed by atoms with van der Waals surface area (Å²) in [6.07, 6.45) is 4.50. The zero-order valence-corrected chi connectivity index (χ0v) is 15.4. The molecule has 1 aliphatic heterocycles. The quantitative estimate of drug-likeness (QED) is 0.249. The fraction of sp³-hybridized carbons (Fsp3) is 0. The molecule has 1 heterocycles. The monoisotopic (exact) mass is 461 g/mol. The molecule has 0 aliphatic carbocycles. The molecule has 0 saturated carbocycles. The summed E-state index contributed by atoms with van der Waals surface area (Å²) in [6, 6.07) is 13.2. The Balaban J connectivity index is 1.79. The lowest BCUT2D eigenvalue weighted by Gasteiger charge is -2.14. The van der Waals surface area contributed by atoms with Gasteiger partial charge in [-0.1, -0.05) is 24.3 Å². The molecule has 1 aliphatic rings. The minimum atomic E-state index is -0.503. The third-order valence-corrected chi connectivity index (χ3v) is 4.33. The lowest BCUT2D eigenvalue weighted by Crippen LogP contribution is -2.35. The van der Waals surface area contributed by atoms with Crippen LogP contribution in [0.1, 0.15) is 5.56 Å². The van der Waals surface area contributed by atoms with Gasteiger partial charge in [0.25, 0.3) is 17.5 Å². The van der Waals surface area contributed by atoms with Crippen LogP contribution in [0.3, 0.4) is 0 Å². The Morgan fingerprint density at radius 1 is 1.12 bits per heavy atom. The van der Waals surface area contributed by atoms with Crippen LogP contribution in [0.15, 0.2) is 66.3 Å². The Morgan fingerprint density at radius 2 is 1.85 bits per heavy atom. The van der Waals surface area contributed by atoms with Crippen molar-refractivity contribution in [3.8, 4) is 0 Å². The molecule has 3 rings (SSSR count). The maximum absolute atomic E-state index is 12.4. The number of hydrogen-bond acceptors (Lipinski definition) is 4. The molecule has 1 N–H and O–H groups in total. The Morgan fingerprint density at radius 3 is 2.54 bits per heavy atom. The molecule has 2 amide bonds. The van der Waals surface area contributed by atoms with E-state index in [1.807, 2.05) is 12.1 Å². The number of benzene rings is 2. The van der Waals surface area contributed by atoms with Gasteiger partial charge < -0.3 is 0 Å². The molecule has 1 saturated heterocycles. The number of allylic oxidation sites excluding steroid dienone is 2. The van der Waals surface area contributed by atoms with E-state index < -0.39 is 16.7 Å². The number of hydrazine groups is 1. The van der Waals surface area contributed by atoms with E-state index in [1.54, 1.807) is 30.3 Å². The average molecular weight is 461 g/mol. The second kappa shape index (κ2) is 7.48. The molecule has 26 heavy (non-hydrogen) atoms. The number of halogens is 1. The van der Waals surface area contributed by atoms with Crippen LogP contribution in [0, 0.1) is 13.7 Å². The first-order valence-electron chi connectivity index (χ1n) is 7.49. The Labute approximate surface area is 162 Å². The van der Waals surface area contributed by atoms with Crippen molar-refractivity contribution in [2.75, 3.05) is 5.01 Å². The lowest BCUT2D eigenvalue weighted by molar-refractivity contribution is -0.384. The van der Waals surface area contributed by atoms with E-state index in [4.69, 9.17) is 0 Å². The van der Waals surface area contributed by atoms with Crippen molar-refractivity contribution < 1.29 is 14.5 Å². The molecular weight excluding hydrogens is 449 g/mol. The van der Waals surface area contributed by atoms with E-state index in [9.17, 15) is 19.7 Å². The van der Waals surface area contributed by atoms with Crippen LogP contribution in [-0.4, -0.2) is 16.7 Å². The average Bonchev–Trinajstić information content (AvgIpc) is 2.91. The Kier molecular flexibility index (Phi) is 5.12. The predicted octanol–water partition coefficient (Wildman–Crippen LogP) is 3.22. The summed E-state index contributed by atoms with van der Waals surface area (Å²) in [5, 5.41) is 12.0. The minimum absolute atomic E-state index is 0.00905. The molecule has 130 valence electrons. The number of carbonyl (C=O) groups excluding carboxylic acids is 2.